The van der Waals surface area contributed by atoms with E-state index in [2.05, 4.69) is 115 Å². The molecule has 5 aliphatic heterocycles. The first-order valence-electron chi connectivity index (χ1n) is 46.7. The summed E-state index contributed by atoms with van der Waals surface area (Å²) < 4.78 is 36.3. The number of likely N-dealkylation sites (tertiary alicyclic amines) is 5. The number of H-pyrrole nitrogens is 5. The molecular formula is C101H132N20O17. The first-order valence-corrected chi connectivity index (χ1v) is 46.7. The predicted octanol–water partition coefficient (Wildman–Crippen LogP) is 13.3. The van der Waals surface area contributed by atoms with Gasteiger partial charge in [0.25, 0.3) is 0 Å². The van der Waals surface area contributed by atoms with E-state index in [1.807, 2.05) is 133 Å². The third-order valence-electron chi connectivity index (χ3n) is 25.9. The molecule has 0 aromatic carbocycles. The van der Waals surface area contributed by atoms with Gasteiger partial charge in [0, 0.05) is 217 Å². The highest BCUT2D eigenvalue weighted by Gasteiger charge is 2.39. The normalized spacial score (nSPS) is 19.6. The number of fused-ring (bicyclic) bond motifs is 5. The summed E-state index contributed by atoms with van der Waals surface area (Å²) in [6.07, 6.45) is 31.9. The lowest BCUT2D eigenvalue weighted by molar-refractivity contribution is -0.130. The molecule has 0 spiro atoms. The molecule has 15 rings (SSSR count). The number of likely N-dealkylation sites (N-methyl/N-ethyl adjacent to an activating group) is 3. The Morgan fingerprint density at radius 2 is 0.616 bits per heavy atom. The van der Waals surface area contributed by atoms with Crippen molar-refractivity contribution in [1.29, 1.82) is 0 Å². The maximum Gasteiger partial charge on any atom is 0.342 e. The second-order valence-corrected chi connectivity index (χ2v) is 35.6. The van der Waals surface area contributed by atoms with E-state index in [4.69, 9.17) is 33.2 Å². The molecule has 37 heteroatoms. The molecule has 10 unspecified atom stereocenters. The maximum absolute atomic E-state index is 12.7. The van der Waals surface area contributed by atoms with Gasteiger partial charge in [-0.25, -0.2) is 48.9 Å². The molecule has 0 aliphatic carbocycles. The lowest BCUT2D eigenvalue weighted by Crippen LogP contribution is -2.52. The van der Waals surface area contributed by atoms with Crippen LogP contribution in [0.25, 0.3) is 55.2 Å². The molecule has 10 atom stereocenters. The molecule has 10 aromatic rings. The quantitative estimate of drug-likeness (QED) is 0.0104. The molecule has 15 heterocycles. The fraction of sp³-hybridized carbons (Fsp3) is 0.455. The molecule has 7 N–H and O–H groups in total. The van der Waals surface area contributed by atoms with Gasteiger partial charge in [0.05, 0.1) is 61.0 Å². The summed E-state index contributed by atoms with van der Waals surface area (Å²) in [6.45, 7) is 39.3. The fourth-order valence-corrected chi connectivity index (χ4v) is 18.2. The van der Waals surface area contributed by atoms with Gasteiger partial charge in [-0.2, -0.15) is 0 Å². The summed E-state index contributed by atoms with van der Waals surface area (Å²) in [7, 11) is 10.3. The number of ether oxygens (including phenoxy) is 7. The Kier molecular flexibility index (Phi) is 36.6. The number of carbonyl (C=O) groups excluding carboxylic acids is 10. The van der Waals surface area contributed by atoms with Gasteiger partial charge in [-0.3, -0.25) is 24.0 Å². The number of piperidine rings is 5. The van der Waals surface area contributed by atoms with Crippen LogP contribution in [-0.4, -0.2) is 308 Å². The van der Waals surface area contributed by atoms with E-state index in [0.717, 1.165) is 108 Å². The summed E-state index contributed by atoms with van der Waals surface area (Å²) >= 11 is 0. The van der Waals surface area contributed by atoms with Crippen LogP contribution in [0, 0.1) is 0 Å². The highest BCUT2D eigenvalue weighted by molar-refractivity contribution is 6.09. The molecule has 5 amide bonds. The first-order chi connectivity index (χ1) is 66.2. The zero-order valence-electron chi connectivity index (χ0n) is 81.7. The Labute approximate surface area is 803 Å². The molecule has 0 bridgehead atoms. The van der Waals surface area contributed by atoms with Crippen LogP contribution in [-0.2, 0) is 57.1 Å². The van der Waals surface area contributed by atoms with Crippen molar-refractivity contribution in [3.63, 3.8) is 0 Å². The van der Waals surface area contributed by atoms with Gasteiger partial charge >= 0.3 is 29.8 Å². The molecule has 37 nitrogen and oxygen atoms in total. The van der Waals surface area contributed by atoms with Crippen molar-refractivity contribution in [3.05, 3.63) is 183 Å². The number of aromatic amines is 5. The second kappa shape index (κ2) is 48.5. The highest BCUT2D eigenvalue weighted by atomic mass is 16.6. The van der Waals surface area contributed by atoms with Crippen molar-refractivity contribution < 1.29 is 81.1 Å². The third-order valence-corrected chi connectivity index (χ3v) is 25.9. The summed E-state index contributed by atoms with van der Waals surface area (Å²) in [4.78, 5) is 176. The number of rotatable bonds is 28. The minimum atomic E-state index is -0.460. The number of hydrogen-bond acceptors (Lipinski definition) is 27. The van der Waals surface area contributed by atoms with Crippen LogP contribution in [0.4, 0.5) is 28.4 Å². The summed E-state index contributed by atoms with van der Waals surface area (Å²) in [6, 6.07) is 10.6. The van der Waals surface area contributed by atoms with Crippen LogP contribution in [0.15, 0.2) is 156 Å². The van der Waals surface area contributed by atoms with Crippen LogP contribution >= 0.6 is 0 Å². The number of nitrogens with zero attached hydrogens (tertiary/aromatic N) is 13. The van der Waals surface area contributed by atoms with E-state index in [0.29, 0.717) is 113 Å². The lowest BCUT2D eigenvalue weighted by Gasteiger charge is -2.42. The van der Waals surface area contributed by atoms with Gasteiger partial charge in [0.1, 0.15) is 69.3 Å². The number of amides is 5. The van der Waals surface area contributed by atoms with E-state index < -0.39 is 29.8 Å². The number of methoxy groups -OCH3 is 3. The predicted molar refractivity (Wildman–Crippen MR) is 532 cm³/mol. The van der Waals surface area contributed by atoms with Gasteiger partial charge in [-0.05, 0) is 187 Å². The summed E-state index contributed by atoms with van der Waals surface area (Å²) in [5, 5.41) is 11.1. The van der Waals surface area contributed by atoms with Crippen molar-refractivity contribution >= 4 is 143 Å². The van der Waals surface area contributed by atoms with Gasteiger partial charge < -0.3 is 108 Å². The number of nitrogens with one attached hydrogen (secondary N) is 7. The molecule has 10 aromatic heterocycles. The lowest BCUT2D eigenvalue weighted by atomic mass is 9.97. The molecular weight excluding hydrogens is 1770 g/mol. The number of hydrogen-bond donors (Lipinski definition) is 7. The number of anilines is 5. The molecule has 5 aliphatic rings. The van der Waals surface area contributed by atoms with Crippen LogP contribution < -0.4 is 25.3 Å². The van der Waals surface area contributed by atoms with E-state index >= 15 is 0 Å². The average molecular weight is 1900 g/mol. The standard InChI is InChI=1S/C21H28N4O4.C21H28N4O3.C20H26N4O4.C20H26N4O3.C19H24N4O3/c1-5-18(26)25-13-15(7-6-14(25)2)24(3)19-16-8-9-22-20(16)23-12-17(19)21(27)29-11-10-28-4;1-6-18(26)25-12-15(8-7-14(25)4)24(5)19-16-9-10-22-20(16)23-11-17(19)21(27)28-13(2)3;1-4-17(25)24-12-14(6-5-13(24)2)23-18-15-7-8-21-19(15)22-11-16(18)20(26)28-10-9-27-3;1-5-17(25)24-11-14(7-6-13(24)4)23-18-15-8-9-21-19(15)22-10-16(18)20(26)27-12(2)3;1-5-16(24)23-11-13(7-6-12(23)2)22(3)17-14-8-9-20-18(14)21-10-15(17)19(25)26-4/h5,8-9,12,14-15H,1,6-7,10-11,13H2,2-4H3,(H,22,23);6,9-11,13-15H,1,7-8,12H2,2-5H3,(H,22,23);4,7-8,11,13-14H,1,5-6,9-10,12H2,2-3H3,(H2,21,22,23);5,8-10,12-14H,1,6-7,11H2,2-4H3,(H2,21,22,23);5,8-10,12-13H,1,6-7,11H2,2-4H3,(H,20,21). The fourth-order valence-electron chi connectivity index (χ4n) is 18.2. The monoisotopic (exact) mass is 1900 g/mol. The number of pyridine rings is 5. The van der Waals surface area contributed by atoms with E-state index in [9.17, 15) is 47.9 Å². The molecule has 5 saturated heterocycles. The SMILES string of the molecule is C=CC(=O)N1CC(N(C)c2c(C(=O)OC(C)C)cnc3[nH]ccc23)CCC1C.C=CC(=O)N1CC(N(C)c2c(C(=O)OC)cnc3[nH]ccc23)CCC1C.C=CC(=O)N1CC(N(C)c2c(C(=O)OCCOC)cnc3[nH]ccc23)CCC1C.C=CC(=O)N1CC(Nc2c(C(=O)OC(C)C)cnc3[nH]ccc23)CCC1C.C=CC(=O)N1CC(Nc2c(C(=O)OCCOC)cnc3[nH]ccc23)CCC1C. The molecule has 738 valence electrons. The van der Waals surface area contributed by atoms with E-state index in [1.165, 1.54) is 62.3 Å². The number of carbonyl (C=O) groups is 10. The Hall–Kier alpha value is -14.2. The van der Waals surface area contributed by atoms with Gasteiger partial charge in [0.2, 0.25) is 29.5 Å². The van der Waals surface area contributed by atoms with Gasteiger partial charge in [-0.15, -0.1) is 0 Å². The van der Waals surface area contributed by atoms with E-state index in [1.54, 1.807) is 50.1 Å². The summed E-state index contributed by atoms with van der Waals surface area (Å²) in [5.41, 5.74) is 9.18. The average Bonchev–Trinajstić information content (AvgIpc) is 1.51. The Morgan fingerprint density at radius 3 is 0.913 bits per heavy atom. The smallest absolute Gasteiger partial charge is 0.342 e. The highest BCUT2D eigenvalue weighted by Crippen LogP contribution is 2.39. The number of esters is 5. The molecule has 138 heavy (non-hydrogen) atoms. The van der Waals surface area contributed by atoms with Crippen molar-refractivity contribution in [1.82, 2.24) is 74.3 Å². The largest absolute Gasteiger partial charge is 0.465 e. The van der Waals surface area contributed by atoms with Crippen molar-refractivity contribution in [2.45, 2.75) is 199 Å². The van der Waals surface area contributed by atoms with Crippen LogP contribution in [0.3, 0.4) is 0 Å². The van der Waals surface area contributed by atoms with Gasteiger partial charge in [-0.1, -0.05) is 32.9 Å². The second-order valence-electron chi connectivity index (χ2n) is 35.6. The van der Waals surface area contributed by atoms with Crippen molar-refractivity contribution in [3.8, 4) is 0 Å². The Bertz CT molecular complexity index is 6010. The molecule has 0 radical (unpaired) electrons. The third kappa shape index (κ3) is 24.8. The van der Waals surface area contributed by atoms with Crippen LogP contribution in [0.2, 0.25) is 0 Å². The summed E-state index contributed by atoms with van der Waals surface area (Å²) in [5.74, 6) is -2.49. The van der Waals surface area contributed by atoms with Crippen molar-refractivity contribution in [2.75, 3.05) is 127 Å². The maximum atomic E-state index is 12.7. The zero-order chi connectivity index (χ0) is 99.9. The number of aromatic nitrogens is 10. The Morgan fingerprint density at radius 1 is 0.362 bits per heavy atom. The molecule has 0 saturated carbocycles. The minimum absolute atomic E-state index is 0.00567. The van der Waals surface area contributed by atoms with Crippen LogP contribution in [0.5, 0.6) is 0 Å². The first kappa shape index (κ1) is 104. The van der Waals surface area contributed by atoms with Crippen LogP contribution in [0.1, 0.15) is 178 Å². The Balaban J connectivity index is 0.000000165. The van der Waals surface area contributed by atoms with Crippen molar-refractivity contribution in [2.24, 2.45) is 0 Å². The van der Waals surface area contributed by atoms with Gasteiger partial charge in [0.15, 0.2) is 0 Å². The molecule has 5 fully saturated rings. The minimum Gasteiger partial charge on any atom is -0.465 e. The zero-order valence-corrected chi connectivity index (χ0v) is 81.7. The van der Waals surface area contributed by atoms with E-state index in [-0.39, 0.29) is 115 Å². The topological polar surface area (TPSA) is 429 Å².